The maximum absolute atomic E-state index is 12.6. The number of hydrogen-bond acceptors (Lipinski definition) is 3. The Morgan fingerprint density at radius 2 is 1.95 bits per heavy atom. The van der Waals surface area contributed by atoms with Crippen molar-refractivity contribution in [2.45, 2.75) is 6.18 Å². The Morgan fingerprint density at radius 3 is 2.48 bits per heavy atom. The number of halogens is 4. The zero-order valence-corrected chi connectivity index (χ0v) is 12.1. The molecule has 0 saturated heterocycles. The highest BCUT2D eigenvalue weighted by Gasteiger charge is 2.44. The van der Waals surface area contributed by atoms with Crippen molar-refractivity contribution in [3.63, 3.8) is 0 Å². The van der Waals surface area contributed by atoms with E-state index in [9.17, 15) is 28.1 Å². The van der Waals surface area contributed by atoms with Gasteiger partial charge in [0.2, 0.25) is 0 Å². The molecule has 0 saturated carbocycles. The Bertz CT molecular complexity index is 561. The molecule has 0 fully saturated rings. The van der Waals surface area contributed by atoms with Gasteiger partial charge in [-0.25, -0.2) is 0 Å². The number of allylic oxidation sites excluding steroid dienone is 1. The van der Waals surface area contributed by atoms with Crippen molar-refractivity contribution in [1.29, 1.82) is 0 Å². The molecule has 0 N–H and O–H groups in total. The predicted octanol–water partition coefficient (Wildman–Crippen LogP) is 3.44. The molecule has 0 radical (unpaired) electrons. The molecule has 0 unspecified atom stereocenters. The summed E-state index contributed by atoms with van der Waals surface area (Å²) in [6.45, 7) is -0.422. The van der Waals surface area contributed by atoms with Crippen LogP contribution in [0.15, 0.2) is 36.4 Å². The van der Waals surface area contributed by atoms with Gasteiger partial charge in [0, 0.05) is 17.9 Å². The second-order valence-electron chi connectivity index (χ2n) is 3.79. The summed E-state index contributed by atoms with van der Waals surface area (Å²) in [6, 6.07) is 4.78. The fourth-order valence-corrected chi connectivity index (χ4v) is 1.80. The lowest BCUT2D eigenvalue weighted by atomic mass is 10.2. The Balaban J connectivity index is 3.27. The monoisotopic (exact) mass is 366 g/mol. The zero-order chi connectivity index (χ0) is 16.0. The Hall–Kier alpha value is -1.90. The summed E-state index contributed by atoms with van der Waals surface area (Å²) in [4.78, 5) is 21.9. The number of amides is 1. The molecule has 0 aliphatic carbocycles. The first kappa shape index (κ1) is 17.2. The van der Waals surface area contributed by atoms with Gasteiger partial charge in [-0.2, -0.15) is 13.2 Å². The van der Waals surface area contributed by atoms with Crippen LogP contribution in [0.1, 0.15) is 0 Å². The molecule has 1 aromatic rings. The Kier molecular flexibility index (Phi) is 5.89. The van der Waals surface area contributed by atoms with E-state index >= 15 is 0 Å². The number of nitrogens with zero attached hydrogens (tertiary/aromatic N) is 2. The third-order valence-electron chi connectivity index (χ3n) is 2.40. The average molecular weight is 367 g/mol. The molecule has 0 aliphatic rings. The van der Waals surface area contributed by atoms with Crippen molar-refractivity contribution in [2.24, 2.45) is 0 Å². The summed E-state index contributed by atoms with van der Waals surface area (Å²) in [5, 5.41) is 11.3. The number of rotatable bonds is 5. The Morgan fingerprint density at radius 1 is 1.33 bits per heavy atom. The molecule has 0 atom stereocenters. The van der Waals surface area contributed by atoms with E-state index in [2.05, 4.69) is 15.9 Å². The van der Waals surface area contributed by atoms with Crippen molar-refractivity contribution in [1.82, 2.24) is 0 Å². The zero-order valence-electron chi connectivity index (χ0n) is 10.5. The highest BCUT2D eigenvalue weighted by Crippen LogP contribution is 2.31. The van der Waals surface area contributed by atoms with Crippen LogP contribution in [-0.2, 0) is 4.79 Å². The topological polar surface area (TPSA) is 63.5 Å². The molecular weight excluding hydrogens is 357 g/mol. The molecule has 0 bridgehead atoms. The molecule has 114 valence electrons. The smallest absolute Gasteiger partial charge is 0.295 e. The van der Waals surface area contributed by atoms with Crippen LogP contribution < -0.4 is 4.90 Å². The minimum atomic E-state index is -5.12. The van der Waals surface area contributed by atoms with E-state index in [0.29, 0.717) is 10.2 Å². The maximum Gasteiger partial charge on any atom is 0.471 e. The molecule has 1 rings (SSSR count). The van der Waals surface area contributed by atoms with Gasteiger partial charge in [0.1, 0.15) is 5.69 Å². The van der Waals surface area contributed by atoms with Gasteiger partial charge >= 0.3 is 12.1 Å². The van der Waals surface area contributed by atoms with Gasteiger partial charge in [-0.05, 0) is 6.07 Å². The van der Waals surface area contributed by atoms with Crippen LogP contribution in [0.2, 0.25) is 0 Å². The number of nitro groups is 1. The molecule has 21 heavy (non-hydrogen) atoms. The van der Waals surface area contributed by atoms with Crippen molar-refractivity contribution >= 4 is 33.2 Å². The Labute approximate surface area is 126 Å². The first-order valence-electron chi connectivity index (χ1n) is 5.62. The van der Waals surface area contributed by atoms with E-state index in [0.717, 1.165) is 12.1 Å². The van der Waals surface area contributed by atoms with Gasteiger partial charge in [-0.15, -0.1) is 0 Å². The number of benzene rings is 1. The van der Waals surface area contributed by atoms with Crippen LogP contribution in [0.25, 0.3) is 0 Å². The van der Waals surface area contributed by atoms with Crippen molar-refractivity contribution in [2.75, 3.05) is 16.8 Å². The number of hydrogen-bond donors (Lipinski definition) is 0. The largest absolute Gasteiger partial charge is 0.471 e. The fourth-order valence-electron chi connectivity index (χ4n) is 1.53. The van der Waals surface area contributed by atoms with Crippen LogP contribution in [0.3, 0.4) is 0 Å². The number of para-hydroxylation sites is 2. The van der Waals surface area contributed by atoms with Gasteiger partial charge in [0.25, 0.3) is 5.69 Å². The molecule has 1 aromatic carbocycles. The first-order chi connectivity index (χ1) is 9.79. The predicted molar refractivity (Wildman–Crippen MR) is 74.4 cm³/mol. The number of alkyl halides is 4. The van der Waals surface area contributed by atoms with E-state index in [1.165, 1.54) is 24.3 Å². The lowest BCUT2D eigenvalue weighted by Crippen LogP contribution is -2.41. The van der Waals surface area contributed by atoms with Crippen LogP contribution in [0, 0.1) is 10.1 Å². The third kappa shape index (κ3) is 4.55. The van der Waals surface area contributed by atoms with E-state index in [1.807, 2.05) is 0 Å². The van der Waals surface area contributed by atoms with Gasteiger partial charge < -0.3 is 0 Å². The lowest BCUT2D eigenvalue weighted by molar-refractivity contribution is -0.384. The SMILES string of the molecule is O=C(N(C/C=C/CBr)c1ccccc1[N+](=O)[O-])C(F)(F)F. The van der Waals surface area contributed by atoms with Crippen molar-refractivity contribution in [3.8, 4) is 0 Å². The summed E-state index contributed by atoms with van der Waals surface area (Å²) in [7, 11) is 0. The third-order valence-corrected chi connectivity index (χ3v) is 2.77. The van der Waals surface area contributed by atoms with Crippen molar-refractivity contribution in [3.05, 3.63) is 46.5 Å². The average Bonchev–Trinajstić information content (AvgIpc) is 2.42. The first-order valence-corrected chi connectivity index (χ1v) is 6.74. The molecule has 1 amide bonds. The molecule has 5 nitrogen and oxygen atoms in total. The van der Waals surface area contributed by atoms with E-state index in [4.69, 9.17) is 0 Å². The standard InChI is InChI=1S/C12H10BrF3N2O3/c13-7-3-4-8-17(11(19)12(14,15)16)9-5-1-2-6-10(9)18(20)21/h1-6H,7-8H2/b4-3+. The molecule has 0 aromatic heterocycles. The molecule has 0 heterocycles. The van der Waals surface area contributed by atoms with Crippen LogP contribution >= 0.6 is 15.9 Å². The number of carbonyl (C=O) groups is 1. The summed E-state index contributed by atoms with van der Waals surface area (Å²) in [6.07, 6.45) is -2.31. The van der Waals surface area contributed by atoms with Gasteiger partial charge in [-0.3, -0.25) is 19.8 Å². The van der Waals surface area contributed by atoms with Crippen molar-refractivity contribution < 1.29 is 22.9 Å². The van der Waals surface area contributed by atoms with Gasteiger partial charge in [-0.1, -0.05) is 40.2 Å². The molecular formula is C12H10BrF3N2O3. The molecule has 0 aliphatic heterocycles. The van der Waals surface area contributed by atoms with E-state index in [-0.39, 0.29) is 0 Å². The summed E-state index contributed by atoms with van der Waals surface area (Å²) < 4.78 is 37.9. The fraction of sp³-hybridized carbons (Fsp3) is 0.250. The highest BCUT2D eigenvalue weighted by molar-refractivity contribution is 9.09. The highest BCUT2D eigenvalue weighted by atomic mass is 79.9. The molecule has 9 heteroatoms. The molecule has 0 spiro atoms. The minimum absolute atomic E-state index is 0.331. The number of carbonyl (C=O) groups excluding carboxylic acids is 1. The van der Waals surface area contributed by atoms with E-state index < -0.39 is 34.9 Å². The minimum Gasteiger partial charge on any atom is -0.295 e. The van der Waals surface area contributed by atoms with Gasteiger partial charge in [0.05, 0.1) is 4.92 Å². The van der Waals surface area contributed by atoms with E-state index in [1.54, 1.807) is 0 Å². The van der Waals surface area contributed by atoms with Crippen LogP contribution in [-0.4, -0.2) is 28.9 Å². The van der Waals surface area contributed by atoms with Crippen LogP contribution in [0.5, 0.6) is 0 Å². The summed E-state index contributed by atoms with van der Waals surface area (Å²) >= 11 is 3.05. The number of anilines is 1. The lowest BCUT2D eigenvalue weighted by Gasteiger charge is -2.22. The van der Waals surface area contributed by atoms with Crippen LogP contribution in [0.4, 0.5) is 24.5 Å². The second-order valence-corrected chi connectivity index (χ2v) is 4.43. The second kappa shape index (κ2) is 7.21. The number of nitro benzene ring substituents is 1. The summed E-state index contributed by atoms with van der Waals surface area (Å²) in [5.41, 5.74) is -0.966. The summed E-state index contributed by atoms with van der Waals surface area (Å²) in [5.74, 6) is -2.16. The van der Waals surface area contributed by atoms with Gasteiger partial charge in [0.15, 0.2) is 0 Å². The maximum atomic E-state index is 12.6. The quantitative estimate of drug-likeness (QED) is 0.347. The normalized spacial score (nSPS) is 11.6.